The van der Waals surface area contributed by atoms with Gasteiger partial charge in [-0.15, -0.1) is 0 Å². The van der Waals surface area contributed by atoms with Crippen molar-refractivity contribution in [3.05, 3.63) is 12.2 Å². The van der Waals surface area contributed by atoms with E-state index in [9.17, 15) is 14.7 Å². The molecule has 0 rings (SSSR count). The van der Waals surface area contributed by atoms with Gasteiger partial charge in [-0.3, -0.25) is 4.79 Å². The molecule has 0 aliphatic rings. The smallest absolute Gasteiger partial charge is 0.333 e. The molecule has 0 aromatic rings. The van der Waals surface area contributed by atoms with Crippen LogP contribution in [0.1, 0.15) is 46.5 Å². The molecule has 17 heavy (non-hydrogen) atoms. The van der Waals surface area contributed by atoms with Crippen LogP contribution < -0.4 is 0 Å². The molecule has 4 heteroatoms. The highest BCUT2D eigenvalue weighted by Crippen LogP contribution is 2.30. The minimum Gasteiger partial charge on any atom is -0.481 e. The van der Waals surface area contributed by atoms with Crippen molar-refractivity contribution in [1.82, 2.24) is 0 Å². The first-order valence-electron chi connectivity index (χ1n) is 5.95. The maximum atomic E-state index is 11.3. The third-order valence-corrected chi connectivity index (χ3v) is 2.97. The van der Waals surface area contributed by atoms with Gasteiger partial charge in [0, 0.05) is 5.57 Å². The Balaban J connectivity index is 4.63. The van der Waals surface area contributed by atoms with E-state index in [4.69, 9.17) is 4.74 Å². The molecule has 0 aromatic heterocycles. The van der Waals surface area contributed by atoms with Gasteiger partial charge in [-0.2, -0.15) is 0 Å². The van der Waals surface area contributed by atoms with E-state index < -0.39 is 17.4 Å². The first-order chi connectivity index (χ1) is 7.89. The second-order valence-corrected chi connectivity index (χ2v) is 4.40. The Hall–Kier alpha value is -1.32. The summed E-state index contributed by atoms with van der Waals surface area (Å²) in [4.78, 5) is 22.6. The van der Waals surface area contributed by atoms with Gasteiger partial charge in [0.2, 0.25) is 0 Å². The van der Waals surface area contributed by atoms with Crippen molar-refractivity contribution in [3.8, 4) is 0 Å². The Kier molecular flexibility index (Phi) is 6.54. The number of esters is 1. The van der Waals surface area contributed by atoms with Crippen LogP contribution in [0.2, 0.25) is 0 Å². The fraction of sp³-hybridized carbons (Fsp3) is 0.692. The summed E-state index contributed by atoms with van der Waals surface area (Å²) in [6.45, 7) is 8.74. The predicted molar refractivity (Wildman–Crippen MR) is 65.7 cm³/mol. The minimum atomic E-state index is -0.957. The lowest BCUT2D eigenvalue weighted by atomic mass is 9.81. The van der Waals surface area contributed by atoms with Gasteiger partial charge in [0.1, 0.15) is 12.0 Å². The van der Waals surface area contributed by atoms with Crippen LogP contribution in [0.15, 0.2) is 12.2 Å². The van der Waals surface area contributed by atoms with Crippen LogP contribution in [0.25, 0.3) is 0 Å². The van der Waals surface area contributed by atoms with Gasteiger partial charge in [-0.1, -0.05) is 33.3 Å². The molecular weight excluding hydrogens is 220 g/mol. The number of rotatable bonds is 8. The molecule has 0 bridgehead atoms. The molecule has 0 radical (unpaired) electrons. The first kappa shape index (κ1) is 15.7. The number of ether oxygens (including phenoxy) is 1. The quantitative estimate of drug-likeness (QED) is 0.525. The Morgan fingerprint density at radius 2 is 1.94 bits per heavy atom. The summed E-state index contributed by atoms with van der Waals surface area (Å²) in [6.07, 6.45) is 2.71. The van der Waals surface area contributed by atoms with Gasteiger partial charge in [0.15, 0.2) is 0 Å². The zero-order chi connectivity index (χ0) is 13.5. The SMILES string of the molecule is C=C(C)C(=O)OCC(CC)(CCCC)C(=O)O. The molecule has 0 heterocycles. The van der Waals surface area contributed by atoms with Crippen molar-refractivity contribution in [2.75, 3.05) is 6.61 Å². The zero-order valence-corrected chi connectivity index (χ0v) is 10.9. The summed E-state index contributed by atoms with van der Waals surface area (Å²) in [5, 5.41) is 9.29. The molecule has 4 nitrogen and oxygen atoms in total. The van der Waals surface area contributed by atoms with Crippen molar-refractivity contribution >= 4 is 11.9 Å². The van der Waals surface area contributed by atoms with Gasteiger partial charge in [-0.25, -0.2) is 4.79 Å². The van der Waals surface area contributed by atoms with E-state index in [1.54, 1.807) is 13.8 Å². The molecule has 0 spiro atoms. The van der Waals surface area contributed by atoms with E-state index in [1.807, 2.05) is 6.92 Å². The molecule has 0 amide bonds. The van der Waals surface area contributed by atoms with Crippen molar-refractivity contribution in [2.45, 2.75) is 46.5 Å². The second-order valence-electron chi connectivity index (χ2n) is 4.40. The van der Waals surface area contributed by atoms with E-state index in [1.165, 1.54) is 0 Å². The Labute approximate surface area is 103 Å². The normalized spacial score (nSPS) is 13.8. The molecule has 0 saturated heterocycles. The molecule has 0 aliphatic carbocycles. The van der Waals surface area contributed by atoms with Crippen LogP contribution in [-0.4, -0.2) is 23.7 Å². The van der Waals surface area contributed by atoms with E-state index >= 15 is 0 Å². The van der Waals surface area contributed by atoms with Crippen LogP contribution >= 0.6 is 0 Å². The number of unbranched alkanes of at least 4 members (excludes halogenated alkanes) is 1. The van der Waals surface area contributed by atoms with E-state index in [0.29, 0.717) is 12.8 Å². The van der Waals surface area contributed by atoms with Crippen LogP contribution in [0.5, 0.6) is 0 Å². The standard InChI is InChI=1S/C13H22O4/c1-5-7-8-13(6-2,12(15)16)9-17-11(14)10(3)4/h3,5-9H2,1-2,4H3,(H,15,16). The second kappa shape index (κ2) is 7.09. The Bertz CT molecular complexity index is 296. The average Bonchev–Trinajstić information content (AvgIpc) is 2.29. The summed E-state index contributed by atoms with van der Waals surface area (Å²) >= 11 is 0. The van der Waals surface area contributed by atoms with Crippen LogP contribution in [-0.2, 0) is 14.3 Å². The lowest BCUT2D eigenvalue weighted by Gasteiger charge is -2.27. The molecule has 1 atom stereocenters. The summed E-state index contributed by atoms with van der Waals surface area (Å²) in [7, 11) is 0. The van der Waals surface area contributed by atoms with Gasteiger partial charge in [0.25, 0.3) is 0 Å². The fourth-order valence-corrected chi connectivity index (χ4v) is 1.51. The molecular formula is C13H22O4. The average molecular weight is 242 g/mol. The topological polar surface area (TPSA) is 63.6 Å². The predicted octanol–water partition coefficient (Wildman–Crippen LogP) is 2.78. The lowest BCUT2D eigenvalue weighted by Crippen LogP contribution is -2.36. The van der Waals surface area contributed by atoms with E-state index in [0.717, 1.165) is 12.8 Å². The van der Waals surface area contributed by atoms with E-state index in [-0.39, 0.29) is 12.2 Å². The number of aliphatic carboxylic acids is 1. The fourth-order valence-electron chi connectivity index (χ4n) is 1.51. The van der Waals surface area contributed by atoms with Crippen molar-refractivity contribution < 1.29 is 19.4 Å². The summed E-state index contributed by atoms with van der Waals surface area (Å²) in [5.74, 6) is -1.43. The summed E-state index contributed by atoms with van der Waals surface area (Å²) in [6, 6.07) is 0. The molecule has 0 saturated carbocycles. The van der Waals surface area contributed by atoms with Crippen LogP contribution in [0.3, 0.4) is 0 Å². The third kappa shape index (κ3) is 4.59. The van der Waals surface area contributed by atoms with Crippen LogP contribution in [0.4, 0.5) is 0 Å². The number of carboxylic acid groups (broad SMARTS) is 1. The third-order valence-electron chi connectivity index (χ3n) is 2.97. The molecule has 98 valence electrons. The van der Waals surface area contributed by atoms with Gasteiger partial charge < -0.3 is 9.84 Å². The first-order valence-corrected chi connectivity index (χ1v) is 5.95. The molecule has 1 N–H and O–H groups in total. The molecule has 0 aliphatic heterocycles. The van der Waals surface area contributed by atoms with Crippen LogP contribution in [0, 0.1) is 5.41 Å². The highest BCUT2D eigenvalue weighted by Gasteiger charge is 2.37. The highest BCUT2D eigenvalue weighted by atomic mass is 16.5. The number of carbonyl (C=O) groups excluding carboxylic acids is 1. The monoisotopic (exact) mass is 242 g/mol. The Morgan fingerprint density at radius 3 is 2.29 bits per heavy atom. The van der Waals surface area contributed by atoms with Gasteiger partial charge in [-0.05, 0) is 19.8 Å². The molecule has 0 aromatic carbocycles. The number of hydrogen-bond donors (Lipinski definition) is 1. The maximum absolute atomic E-state index is 11.3. The largest absolute Gasteiger partial charge is 0.481 e. The maximum Gasteiger partial charge on any atom is 0.333 e. The van der Waals surface area contributed by atoms with E-state index in [2.05, 4.69) is 6.58 Å². The lowest BCUT2D eigenvalue weighted by molar-refractivity contribution is -0.158. The summed E-state index contributed by atoms with van der Waals surface area (Å²) < 4.78 is 5.00. The number of hydrogen-bond acceptors (Lipinski definition) is 3. The van der Waals surface area contributed by atoms with Crippen molar-refractivity contribution in [1.29, 1.82) is 0 Å². The minimum absolute atomic E-state index is 0.0788. The van der Waals surface area contributed by atoms with Crippen molar-refractivity contribution in [3.63, 3.8) is 0 Å². The number of carbonyl (C=O) groups is 2. The van der Waals surface area contributed by atoms with Crippen molar-refractivity contribution in [2.24, 2.45) is 5.41 Å². The Morgan fingerprint density at radius 1 is 1.35 bits per heavy atom. The zero-order valence-electron chi connectivity index (χ0n) is 10.9. The number of carboxylic acids is 1. The highest BCUT2D eigenvalue weighted by molar-refractivity contribution is 5.87. The van der Waals surface area contributed by atoms with Gasteiger partial charge in [0.05, 0.1) is 0 Å². The molecule has 1 unspecified atom stereocenters. The molecule has 0 fully saturated rings. The summed E-state index contributed by atoms with van der Waals surface area (Å²) in [5.41, 5.74) is -0.669. The van der Waals surface area contributed by atoms with Gasteiger partial charge >= 0.3 is 11.9 Å².